The summed E-state index contributed by atoms with van der Waals surface area (Å²) in [4.78, 5) is 11.0. The van der Waals surface area contributed by atoms with Crippen LogP contribution in [0.4, 0.5) is 0 Å². The van der Waals surface area contributed by atoms with Gasteiger partial charge in [0.2, 0.25) is 0 Å². The number of nitrogens with zero attached hydrogens (tertiary/aromatic N) is 1. The number of rotatable bonds is 1. The minimum absolute atomic E-state index is 0.0678. The van der Waals surface area contributed by atoms with Crippen molar-refractivity contribution in [3.8, 4) is 6.07 Å². The monoisotopic (exact) mass is 235 g/mol. The number of carboxylic acids is 1. The quantitative estimate of drug-likeness (QED) is 0.559. The maximum atomic E-state index is 11.0. The zero-order valence-corrected chi connectivity index (χ0v) is 9.87. The fourth-order valence-corrected chi connectivity index (χ4v) is 2.93. The van der Waals surface area contributed by atoms with Crippen LogP contribution in [-0.4, -0.2) is 23.3 Å². The van der Waals surface area contributed by atoms with Crippen LogP contribution in [-0.2, 0) is 9.53 Å². The summed E-state index contributed by atoms with van der Waals surface area (Å²) in [5.74, 6) is -1.10. The summed E-state index contributed by atoms with van der Waals surface area (Å²) < 4.78 is 5.92. The molecule has 1 saturated carbocycles. The predicted octanol–water partition coefficient (Wildman–Crippen LogP) is 2.40. The number of carbonyl (C=O) groups is 1. The summed E-state index contributed by atoms with van der Waals surface area (Å²) in [6.07, 6.45) is 6.39. The Morgan fingerprint density at radius 1 is 1.35 bits per heavy atom. The zero-order valence-electron chi connectivity index (χ0n) is 9.87. The third-order valence-corrected chi connectivity index (χ3v) is 3.76. The number of aliphatic carboxylic acids is 1. The minimum atomic E-state index is -1.10. The highest BCUT2D eigenvalue weighted by Gasteiger charge is 2.38. The van der Waals surface area contributed by atoms with Crippen molar-refractivity contribution >= 4 is 5.97 Å². The molecule has 4 nitrogen and oxygen atoms in total. The Morgan fingerprint density at radius 3 is 2.65 bits per heavy atom. The van der Waals surface area contributed by atoms with Crippen LogP contribution < -0.4 is 0 Å². The molecule has 0 aromatic rings. The molecule has 1 aliphatic heterocycles. The van der Waals surface area contributed by atoms with Gasteiger partial charge in [-0.05, 0) is 37.7 Å². The van der Waals surface area contributed by atoms with E-state index in [-0.39, 0.29) is 11.2 Å². The van der Waals surface area contributed by atoms with Crippen molar-refractivity contribution in [2.24, 2.45) is 0 Å². The Hall–Kier alpha value is -1.34. The second kappa shape index (κ2) is 4.89. The normalized spacial score (nSPS) is 26.3. The predicted molar refractivity (Wildman–Crippen MR) is 61.3 cm³/mol. The molecule has 1 saturated heterocycles. The largest absolute Gasteiger partial charge is 0.477 e. The molecular weight excluding hydrogens is 218 g/mol. The lowest BCUT2D eigenvalue weighted by molar-refractivity contribution is -0.132. The summed E-state index contributed by atoms with van der Waals surface area (Å²) in [5.41, 5.74) is 0.532. The zero-order chi connectivity index (χ0) is 12.3. The number of hydrogen-bond donors (Lipinski definition) is 1. The average molecular weight is 235 g/mol. The highest BCUT2D eigenvalue weighted by atomic mass is 16.5. The Bertz CT molecular complexity index is 386. The molecule has 0 amide bonds. The molecule has 92 valence electrons. The highest BCUT2D eigenvalue weighted by molar-refractivity contribution is 5.92. The number of nitriles is 1. The maximum Gasteiger partial charge on any atom is 0.346 e. The van der Waals surface area contributed by atoms with Gasteiger partial charge in [0.25, 0.3) is 0 Å². The second-order valence-electron chi connectivity index (χ2n) is 4.91. The van der Waals surface area contributed by atoms with Gasteiger partial charge in [-0.3, -0.25) is 0 Å². The van der Waals surface area contributed by atoms with Crippen LogP contribution in [0, 0.1) is 11.3 Å². The van der Waals surface area contributed by atoms with Crippen LogP contribution in [0.3, 0.4) is 0 Å². The number of carboxylic acid groups (broad SMARTS) is 1. The molecule has 0 unspecified atom stereocenters. The van der Waals surface area contributed by atoms with E-state index in [9.17, 15) is 4.79 Å². The van der Waals surface area contributed by atoms with Crippen LogP contribution in [0.25, 0.3) is 0 Å². The van der Waals surface area contributed by atoms with E-state index < -0.39 is 5.97 Å². The van der Waals surface area contributed by atoms with E-state index in [1.165, 1.54) is 0 Å². The van der Waals surface area contributed by atoms with Gasteiger partial charge in [-0.25, -0.2) is 4.79 Å². The third-order valence-electron chi connectivity index (χ3n) is 3.76. The Morgan fingerprint density at radius 2 is 2.06 bits per heavy atom. The summed E-state index contributed by atoms with van der Waals surface area (Å²) in [7, 11) is 0. The highest BCUT2D eigenvalue weighted by Crippen LogP contribution is 2.41. The molecule has 0 aromatic carbocycles. The summed E-state index contributed by atoms with van der Waals surface area (Å²) in [5, 5.41) is 18.0. The number of hydrogen-bond acceptors (Lipinski definition) is 3. The van der Waals surface area contributed by atoms with E-state index >= 15 is 0 Å². The summed E-state index contributed by atoms with van der Waals surface area (Å²) in [6.45, 7) is 0.682. The molecule has 1 N–H and O–H groups in total. The maximum absolute atomic E-state index is 11.0. The van der Waals surface area contributed by atoms with E-state index in [1.807, 2.05) is 6.07 Å². The topological polar surface area (TPSA) is 70.3 Å². The van der Waals surface area contributed by atoms with Crippen molar-refractivity contribution in [3.05, 3.63) is 11.1 Å². The first-order chi connectivity index (χ1) is 8.17. The van der Waals surface area contributed by atoms with Crippen LogP contribution in [0.15, 0.2) is 11.1 Å². The van der Waals surface area contributed by atoms with Crippen LogP contribution in [0.5, 0.6) is 0 Å². The molecule has 2 aliphatic rings. The van der Waals surface area contributed by atoms with Gasteiger partial charge in [0.05, 0.1) is 5.60 Å². The standard InChI is InChI=1S/C13H17NO3/c14-9-11(12(15)16)10-4-3-7-17-13(8-10)5-1-2-6-13/h1-8H2,(H,15,16). The second-order valence-corrected chi connectivity index (χ2v) is 4.91. The van der Waals surface area contributed by atoms with Crippen LogP contribution in [0.2, 0.25) is 0 Å². The van der Waals surface area contributed by atoms with Crippen molar-refractivity contribution in [2.45, 2.75) is 50.5 Å². The van der Waals surface area contributed by atoms with Gasteiger partial charge in [-0.15, -0.1) is 0 Å². The Balaban J connectivity index is 2.29. The molecule has 1 heterocycles. The van der Waals surface area contributed by atoms with Crippen molar-refractivity contribution in [1.29, 1.82) is 5.26 Å². The van der Waals surface area contributed by atoms with E-state index in [1.54, 1.807) is 0 Å². The molecule has 4 heteroatoms. The molecule has 0 radical (unpaired) electrons. The molecule has 0 aromatic heterocycles. The van der Waals surface area contributed by atoms with Gasteiger partial charge in [0.1, 0.15) is 11.6 Å². The first-order valence-corrected chi connectivity index (χ1v) is 6.16. The van der Waals surface area contributed by atoms with Gasteiger partial charge in [0, 0.05) is 6.61 Å². The number of ether oxygens (including phenoxy) is 1. The lowest BCUT2D eigenvalue weighted by Gasteiger charge is -2.28. The van der Waals surface area contributed by atoms with Gasteiger partial charge in [-0.2, -0.15) is 5.26 Å². The molecule has 0 atom stereocenters. The van der Waals surface area contributed by atoms with Crippen molar-refractivity contribution in [2.75, 3.05) is 6.61 Å². The van der Waals surface area contributed by atoms with E-state index in [4.69, 9.17) is 15.1 Å². The van der Waals surface area contributed by atoms with E-state index in [0.717, 1.165) is 37.7 Å². The van der Waals surface area contributed by atoms with Crippen LogP contribution >= 0.6 is 0 Å². The molecule has 17 heavy (non-hydrogen) atoms. The lowest BCUT2D eigenvalue weighted by Crippen LogP contribution is -2.28. The van der Waals surface area contributed by atoms with Gasteiger partial charge in [-0.1, -0.05) is 12.8 Å². The fraction of sp³-hybridized carbons (Fsp3) is 0.692. The summed E-state index contributed by atoms with van der Waals surface area (Å²) >= 11 is 0. The molecule has 2 fully saturated rings. The SMILES string of the molecule is N#CC(C(=O)O)=C1CCCOC2(CCCC2)C1. The molecule has 0 bridgehead atoms. The van der Waals surface area contributed by atoms with Gasteiger partial charge < -0.3 is 9.84 Å². The third kappa shape index (κ3) is 2.50. The minimum Gasteiger partial charge on any atom is -0.477 e. The molecule has 1 aliphatic carbocycles. The van der Waals surface area contributed by atoms with E-state index in [0.29, 0.717) is 19.4 Å². The summed E-state index contributed by atoms with van der Waals surface area (Å²) in [6, 6.07) is 1.83. The van der Waals surface area contributed by atoms with Gasteiger partial charge >= 0.3 is 5.97 Å². The van der Waals surface area contributed by atoms with Gasteiger partial charge in [0.15, 0.2) is 0 Å². The first-order valence-electron chi connectivity index (χ1n) is 6.16. The fourth-order valence-electron chi connectivity index (χ4n) is 2.93. The first kappa shape index (κ1) is 12.1. The van der Waals surface area contributed by atoms with Crippen molar-refractivity contribution in [1.82, 2.24) is 0 Å². The Kier molecular flexibility index (Phi) is 3.49. The lowest BCUT2D eigenvalue weighted by atomic mass is 9.89. The average Bonchev–Trinajstić information content (AvgIpc) is 2.62. The van der Waals surface area contributed by atoms with Crippen molar-refractivity contribution < 1.29 is 14.6 Å². The molecule has 1 spiro atoms. The Labute approximate surface area is 101 Å². The smallest absolute Gasteiger partial charge is 0.346 e. The van der Waals surface area contributed by atoms with Crippen LogP contribution in [0.1, 0.15) is 44.9 Å². The van der Waals surface area contributed by atoms with Crippen molar-refractivity contribution in [3.63, 3.8) is 0 Å². The van der Waals surface area contributed by atoms with E-state index in [2.05, 4.69) is 0 Å². The molecular formula is C13H17NO3. The molecule has 2 rings (SSSR count).